The highest BCUT2D eigenvalue weighted by Gasteiger charge is 2.03. The molecule has 1 aromatic rings. The molecule has 1 aromatic carbocycles. The molecule has 5 heteroatoms. The predicted molar refractivity (Wildman–Crippen MR) is 92.2 cm³/mol. The summed E-state index contributed by atoms with van der Waals surface area (Å²) in [6.07, 6.45) is 1.57. The van der Waals surface area contributed by atoms with E-state index in [9.17, 15) is 4.79 Å². The van der Waals surface area contributed by atoms with Gasteiger partial charge in [0.1, 0.15) is 0 Å². The molecule has 1 N–H and O–H groups in total. The van der Waals surface area contributed by atoms with E-state index in [0.717, 1.165) is 48.3 Å². The second-order valence-electron chi connectivity index (χ2n) is 4.78. The molecule has 0 aliphatic rings. The molecule has 0 radical (unpaired) electrons. The molecule has 0 heterocycles. The van der Waals surface area contributed by atoms with Crippen molar-refractivity contribution in [3.05, 3.63) is 29.3 Å². The molecule has 3 nitrogen and oxygen atoms in total. The summed E-state index contributed by atoms with van der Waals surface area (Å²) in [7, 11) is 0. The smallest absolute Gasteiger partial charge is 0.220 e. The highest BCUT2D eigenvalue weighted by Crippen LogP contribution is 2.20. The van der Waals surface area contributed by atoms with Gasteiger partial charge in [-0.1, -0.05) is 25.4 Å². The van der Waals surface area contributed by atoms with Crippen molar-refractivity contribution >= 4 is 29.3 Å². The Labute approximate surface area is 137 Å². The van der Waals surface area contributed by atoms with Gasteiger partial charge in [0.2, 0.25) is 5.91 Å². The molecule has 0 bridgehead atoms. The average Bonchev–Trinajstić information content (AvgIpc) is 2.49. The summed E-state index contributed by atoms with van der Waals surface area (Å²) in [5, 5.41) is 3.72. The van der Waals surface area contributed by atoms with Gasteiger partial charge in [-0.3, -0.25) is 4.79 Å². The number of carbonyl (C=O) groups excluding carboxylic acids is 1. The lowest BCUT2D eigenvalue weighted by Crippen LogP contribution is -2.30. The van der Waals surface area contributed by atoms with E-state index in [1.807, 2.05) is 24.3 Å². The number of hydrogen-bond acceptors (Lipinski definition) is 3. The highest BCUT2D eigenvalue weighted by molar-refractivity contribution is 7.99. The first kappa shape index (κ1) is 18.3. The zero-order valence-corrected chi connectivity index (χ0v) is 14.5. The summed E-state index contributed by atoms with van der Waals surface area (Å²) in [5.74, 6) is 0.930. The molecule has 0 aliphatic carbocycles. The van der Waals surface area contributed by atoms with Gasteiger partial charge in [0.15, 0.2) is 0 Å². The molecule has 0 saturated heterocycles. The van der Waals surface area contributed by atoms with Crippen LogP contribution >= 0.6 is 23.4 Å². The van der Waals surface area contributed by atoms with Crippen molar-refractivity contribution in [1.29, 1.82) is 0 Å². The van der Waals surface area contributed by atoms with Gasteiger partial charge in [-0.15, -0.1) is 11.8 Å². The van der Waals surface area contributed by atoms with Crippen molar-refractivity contribution in [1.82, 2.24) is 10.2 Å². The Kier molecular flexibility index (Phi) is 9.55. The Morgan fingerprint density at radius 1 is 1.24 bits per heavy atom. The first-order valence-corrected chi connectivity index (χ1v) is 8.89. The predicted octanol–water partition coefficient (Wildman–Crippen LogP) is 3.67. The summed E-state index contributed by atoms with van der Waals surface area (Å²) in [6, 6.07) is 7.71. The van der Waals surface area contributed by atoms with E-state index in [2.05, 4.69) is 24.1 Å². The van der Waals surface area contributed by atoms with E-state index < -0.39 is 0 Å². The molecule has 0 unspecified atom stereocenters. The second-order valence-corrected chi connectivity index (χ2v) is 6.39. The molecule has 0 aromatic heterocycles. The van der Waals surface area contributed by atoms with Gasteiger partial charge >= 0.3 is 0 Å². The molecular weight excluding hydrogens is 304 g/mol. The number of hydrogen-bond donors (Lipinski definition) is 1. The number of thioether (sulfide) groups is 1. The number of rotatable bonds is 10. The molecule has 0 fully saturated rings. The Hall–Kier alpha value is -0.710. The van der Waals surface area contributed by atoms with Crippen LogP contribution in [-0.4, -0.2) is 42.7 Å². The van der Waals surface area contributed by atoms with Crippen LogP contribution in [0.5, 0.6) is 0 Å². The average molecular weight is 329 g/mol. The number of benzene rings is 1. The Morgan fingerprint density at radius 3 is 2.52 bits per heavy atom. The van der Waals surface area contributed by atoms with Gasteiger partial charge in [0, 0.05) is 28.6 Å². The number of halogens is 1. The largest absolute Gasteiger partial charge is 0.356 e. The standard InChI is InChI=1S/C16H25ClN2OS/c1-3-19(4-2)12-5-11-18-16(20)10-13-21-15-8-6-14(17)7-9-15/h6-9H,3-5,10-13H2,1-2H3,(H,18,20). The molecule has 0 saturated carbocycles. The van der Waals surface area contributed by atoms with Crippen LogP contribution in [0.1, 0.15) is 26.7 Å². The zero-order chi connectivity index (χ0) is 15.5. The van der Waals surface area contributed by atoms with Crippen molar-refractivity contribution in [3.8, 4) is 0 Å². The maximum absolute atomic E-state index is 11.7. The van der Waals surface area contributed by atoms with Crippen molar-refractivity contribution in [3.63, 3.8) is 0 Å². The van der Waals surface area contributed by atoms with Gasteiger partial charge in [-0.25, -0.2) is 0 Å². The third-order valence-corrected chi connectivity index (χ3v) is 4.54. The van der Waals surface area contributed by atoms with E-state index in [-0.39, 0.29) is 5.91 Å². The Morgan fingerprint density at radius 2 is 1.90 bits per heavy atom. The van der Waals surface area contributed by atoms with Crippen LogP contribution in [0.25, 0.3) is 0 Å². The van der Waals surface area contributed by atoms with Crippen molar-refractivity contribution in [2.75, 3.05) is 31.9 Å². The number of amides is 1. The minimum absolute atomic E-state index is 0.135. The fourth-order valence-corrected chi connectivity index (χ4v) is 2.93. The molecule has 0 atom stereocenters. The molecule has 1 rings (SSSR count). The van der Waals surface area contributed by atoms with Gasteiger partial charge in [-0.2, -0.15) is 0 Å². The van der Waals surface area contributed by atoms with E-state index in [1.54, 1.807) is 11.8 Å². The summed E-state index contributed by atoms with van der Waals surface area (Å²) in [6.45, 7) is 8.28. The molecular formula is C16H25ClN2OS. The van der Waals surface area contributed by atoms with Gasteiger partial charge in [-0.05, 0) is 50.3 Å². The lowest BCUT2D eigenvalue weighted by Gasteiger charge is -2.17. The van der Waals surface area contributed by atoms with E-state index in [0.29, 0.717) is 6.42 Å². The topological polar surface area (TPSA) is 32.3 Å². The van der Waals surface area contributed by atoms with Crippen LogP contribution in [0, 0.1) is 0 Å². The van der Waals surface area contributed by atoms with E-state index in [1.165, 1.54) is 0 Å². The number of carbonyl (C=O) groups is 1. The van der Waals surface area contributed by atoms with Crippen molar-refractivity contribution < 1.29 is 4.79 Å². The summed E-state index contributed by atoms with van der Waals surface area (Å²) < 4.78 is 0. The van der Waals surface area contributed by atoms with Crippen LogP contribution in [0.4, 0.5) is 0 Å². The quantitative estimate of drug-likeness (QED) is 0.525. The first-order valence-electron chi connectivity index (χ1n) is 7.53. The summed E-state index contributed by atoms with van der Waals surface area (Å²) in [4.78, 5) is 15.2. The maximum atomic E-state index is 11.7. The normalized spacial score (nSPS) is 10.9. The third kappa shape index (κ3) is 8.34. The number of nitrogens with zero attached hydrogens (tertiary/aromatic N) is 1. The molecule has 21 heavy (non-hydrogen) atoms. The minimum atomic E-state index is 0.135. The fraction of sp³-hybridized carbons (Fsp3) is 0.562. The molecule has 1 amide bonds. The lowest BCUT2D eigenvalue weighted by molar-refractivity contribution is -0.120. The molecule has 0 aliphatic heterocycles. The summed E-state index contributed by atoms with van der Waals surface area (Å²) >= 11 is 7.51. The van der Waals surface area contributed by atoms with Gasteiger partial charge < -0.3 is 10.2 Å². The SMILES string of the molecule is CCN(CC)CCCNC(=O)CCSc1ccc(Cl)cc1. The minimum Gasteiger partial charge on any atom is -0.356 e. The van der Waals surface area contributed by atoms with Crippen LogP contribution < -0.4 is 5.32 Å². The van der Waals surface area contributed by atoms with E-state index in [4.69, 9.17) is 11.6 Å². The zero-order valence-electron chi connectivity index (χ0n) is 12.9. The second kappa shape index (κ2) is 10.9. The number of nitrogens with one attached hydrogen (secondary N) is 1. The van der Waals surface area contributed by atoms with Crippen LogP contribution in [-0.2, 0) is 4.79 Å². The lowest BCUT2D eigenvalue weighted by atomic mass is 10.3. The van der Waals surface area contributed by atoms with Crippen molar-refractivity contribution in [2.24, 2.45) is 0 Å². The van der Waals surface area contributed by atoms with E-state index >= 15 is 0 Å². The Balaban J connectivity index is 2.07. The third-order valence-electron chi connectivity index (χ3n) is 3.28. The van der Waals surface area contributed by atoms with Crippen molar-refractivity contribution in [2.45, 2.75) is 31.6 Å². The van der Waals surface area contributed by atoms with Crippen LogP contribution in [0.3, 0.4) is 0 Å². The summed E-state index contributed by atoms with van der Waals surface area (Å²) in [5.41, 5.74) is 0. The maximum Gasteiger partial charge on any atom is 0.220 e. The highest BCUT2D eigenvalue weighted by atomic mass is 35.5. The van der Waals surface area contributed by atoms with Gasteiger partial charge in [0.05, 0.1) is 0 Å². The fourth-order valence-electron chi connectivity index (χ4n) is 1.95. The van der Waals surface area contributed by atoms with Crippen LogP contribution in [0.2, 0.25) is 5.02 Å². The van der Waals surface area contributed by atoms with Crippen LogP contribution in [0.15, 0.2) is 29.2 Å². The molecule has 118 valence electrons. The molecule has 0 spiro atoms. The Bertz CT molecular complexity index is 407. The monoisotopic (exact) mass is 328 g/mol. The van der Waals surface area contributed by atoms with Gasteiger partial charge in [0.25, 0.3) is 0 Å². The first-order chi connectivity index (χ1) is 10.2.